The Hall–Kier alpha value is -1.82. The van der Waals surface area contributed by atoms with Gasteiger partial charge < -0.3 is 9.84 Å². The Morgan fingerprint density at radius 3 is 2.38 bits per heavy atom. The lowest BCUT2D eigenvalue weighted by atomic mass is 10.0. The predicted molar refractivity (Wildman–Crippen MR) is 71.4 cm³/mol. The second kappa shape index (κ2) is 7.26. The normalized spacial score (nSPS) is 12.8. The van der Waals surface area contributed by atoms with E-state index in [0.717, 1.165) is 30.7 Å². The van der Waals surface area contributed by atoms with Gasteiger partial charge in [-0.15, -0.1) is 0 Å². The number of aliphatic hydroxyl groups is 1. The predicted octanol–water partition coefficient (Wildman–Crippen LogP) is 3.64. The summed E-state index contributed by atoms with van der Waals surface area (Å²) in [5, 5.41) is 9.93. The summed E-state index contributed by atoms with van der Waals surface area (Å²) in [5.74, 6) is -0.754. The van der Waals surface area contributed by atoms with Crippen molar-refractivity contribution in [3.8, 4) is 0 Å². The standard InChI is InChI=1S/C15H17F3O3/c1-3-4-9-21-14(20)10(2)13(19)11-5-7-12(8-6-11)15(16,17)18/h5-8,13,19H,2-4,9H2,1H3/t13-/m0/s1. The number of ether oxygens (including phenoxy) is 1. The number of benzene rings is 1. The first kappa shape index (κ1) is 17.2. The average molecular weight is 302 g/mol. The van der Waals surface area contributed by atoms with Crippen molar-refractivity contribution >= 4 is 5.97 Å². The Balaban J connectivity index is 2.72. The van der Waals surface area contributed by atoms with Crippen LogP contribution in [-0.4, -0.2) is 17.7 Å². The Morgan fingerprint density at radius 1 is 1.33 bits per heavy atom. The van der Waals surface area contributed by atoms with E-state index in [0.29, 0.717) is 6.42 Å². The fourth-order valence-corrected chi connectivity index (χ4v) is 1.57. The average Bonchev–Trinajstić information content (AvgIpc) is 2.45. The van der Waals surface area contributed by atoms with Crippen LogP contribution >= 0.6 is 0 Å². The van der Waals surface area contributed by atoms with E-state index < -0.39 is 23.8 Å². The Bertz CT molecular complexity index is 492. The summed E-state index contributed by atoms with van der Waals surface area (Å²) in [6.45, 7) is 5.58. The van der Waals surface area contributed by atoms with E-state index in [2.05, 4.69) is 6.58 Å². The number of hydrogen-bond donors (Lipinski definition) is 1. The van der Waals surface area contributed by atoms with Crippen LogP contribution in [0, 0.1) is 0 Å². The van der Waals surface area contributed by atoms with Gasteiger partial charge in [-0.1, -0.05) is 32.1 Å². The monoisotopic (exact) mass is 302 g/mol. The van der Waals surface area contributed by atoms with Crippen molar-refractivity contribution < 1.29 is 27.8 Å². The molecule has 0 fully saturated rings. The molecule has 1 atom stereocenters. The van der Waals surface area contributed by atoms with Gasteiger partial charge in [-0.3, -0.25) is 0 Å². The lowest BCUT2D eigenvalue weighted by Gasteiger charge is -2.14. The van der Waals surface area contributed by atoms with Crippen LogP contribution in [0.3, 0.4) is 0 Å². The number of unbranched alkanes of at least 4 members (excludes halogenated alkanes) is 1. The van der Waals surface area contributed by atoms with Gasteiger partial charge in [-0.25, -0.2) is 4.79 Å². The van der Waals surface area contributed by atoms with Gasteiger partial charge >= 0.3 is 12.1 Å². The molecule has 0 heterocycles. The second-order valence-corrected chi connectivity index (χ2v) is 4.54. The van der Waals surface area contributed by atoms with E-state index in [1.807, 2.05) is 6.92 Å². The van der Waals surface area contributed by atoms with Gasteiger partial charge in [0.05, 0.1) is 17.7 Å². The van der Waals surface area contributed by atoms with Crippen LogP contribution in [0.4, 0.5) is 13.2 Å². The minimum absolute atomic E-state index is 0.153. The molecule has 0 saturated carbocycles. The van der Waals surface area contributed by atoms with Crippen LogP contribution in [-0.2, 0) is 15.7 Å². The largest absolute Gasteiger partial charge is 0.462 e. The molecule has 1 aromatic rings. The molecular weight excluding hydrogens is 285 g/mol. The van der Waals surface area contributed by atoms with Gasteiger partial charge in [-0.2, -0.15) is 13.2 Å². The van der Waals surface area contributed by atoms with Crippen molar-refractivity contribution in [2.75, 3.05) is 6.61 Å². The fourth-order valence-electron chi connectivity index (χ4n) is 1.57. The zero-order valence-electron chi connectivity index (χ0n) is 11.6. The molecule has 0 aliphatic carbocycles. The Labute approximate surface area is 121 Å². The topological polar surface area (TPSA) is 46.5 Å². The molecule has 0 unspecified atom stereocenters. The number of esters is 1. The molecule has 1 rings (SSSR count). The van der Waals surface area contributed by atoms with E-state index in [-0.39, 0.29) is 17.7 Å². The molecular formula is C15H17F3O3. The van der Waals surface area contributed by atoms with E-state index in [1.54, 1.807) is 0 Å². The SMILES string of the molecule is C=C(C(=O)OCCCC)[C@H](O)c1ccc(C(F)(F)F)cc1. The summed E-state index contributed by atoms with van der Waals surface area (Å²) in [4.78, 5) is 11.6. The van der Waals surface area contributed by atoms with Gasteiger partial charge in [0.25, 0.3) is 0 Å². The van der Waals surface area contributed by atoms with Gasteiger partial charge in [0.15, 0.2) is 0 Å². The molecule has 0 aromatic heterocycles. The Morgan fingerprint density at radius 2 is 1.90 bits per heavy atom. The number of alkyl halides is 3. The Kier molecular flexibility index (Phi) is 5.96. The first-order chi connectivity index (χ1) is 9.77. The molecule has 0 saturated heterocycles. The van der Waals surface area contributed by atoms with Crippen LogP contribution in [0.1, 0.15) is 37.0 Å². The van der Waals surface area contributed by atoms with E-state index in [4.69, 9.17) is 4.74 Å². The molecule has 0 aliphatic rings. The van der Waals surface area contributed by atoms with Crippen LogP contribution in [0.2, 0.25) is 0 Å². The summed E-state index contributed by atoms with van der Waals surface area (Å²) in [6.07, 6.45) is -4.29. The third kappa shape index (κ3) is 4.90. The smallest absolute Gasteiger partial charge is 0.416 e. The number of halogens is 3. The van der Waals surface area contributed by atoms with Gasteiger partial charge in [0.1, 0.15) is 6.10 Å². The van der Waals surface area contributed by atoms with E-state index in [1.165, 1.54) is 0 Å². The van der Waals surface area contributed by atoms with Crippen LogP contribution in [0.25, 0.3) is 0 Å². The minimum atomic E-state index is -4.44. The van der Waals surface area contributed by atoms with E-state index >= 15 is 0 Å². The number of aliphatic hydroxyl groups excluding tert-OH is 1. The van der Waals surface area contributed by atoms with Crippen molar-refractivity contribution in [1.29, 1.82) is 0 Å². The first-order valence-corrected chi connectivity index (χ1v) is 6.48. The third-order valence-electron chi connectivity index (χ3n) is 2.88. The molecule has 0 radical (unpaired) electrons. The van der Waals surface area contributed by atoms with Crippen molar-refractivity contribution in [2.24, 2.45) is 0 Å². The highest BCUT2D eigenvalue weighted by molar-refractivity contribution is 5.89. The summed E-state index contributed by atoms with van der Waals surface area (Å²) < 4.78 is 42.2. The van der Waals surface area contributed by atoms with Gasteiger partial charge in [0.2, 0.25) is 0 Å². The molecule has 116 valence electrons. The maximum Gasteiger partial charge on any atom is 0.416 e. The highest BCUT2D eigenvalue weighted by atomic mass is 19.4. The quantitative estimate of drug-likeness (QED) is 0.496. The molecule has 0 spiro atoms. The molecule has 21 heavy (non-hydrogen) atoms. The summed E-state index contributed by atoms with van der Waals surface area (Å²) in [7, 11) is 0. The zero-order chi connectivity index (χ0) is 16.0. The molecule has 0 aliphatic heterocycles. The van der Waals surface area contributed by atoms with Crippen molar-refractivity contribution in [3.63, 3.8) is 0 Å². The fraction of sp³-hybridized carbons (Fsp3) is 0.400. The molecule has 3 nitrogen and oxygen atoms in total. The van der Waals surface area contributed by atoms with Crippen molar-refractivity contribution in [2.45, 2.75) is 32.0 Å². The van der Waals surface area contributed by atoms with Crippen molar-refractivity contribution in [1.82, 2.24) is 0 Å². The molecule has 0 bridgehead atoms. The highest BCUT2D eigenvalue weighted by Crippen LogP contribution is 2.30. The molecule has 6 heteroatoms. The highest BCUT2D eigenvalue weighted by Gasteiger charge is 2.30. The second-order valence-electron chi connectivity index (χ2n) is 4.54. The maximum atomic E-state index is 12.4. The lowest BCUT2D eigenvalue weighted by Crippen LogP contribution is -2.14. The number of carbonyl (C=O) groups excluding carboxylic acids is 1. The minimum Gasteiger partial charge on any atom is -0.462 e. The first-order valence-electron chi connectivity index (χ1n) is 6.48. The summed E-state index contributed by atoms with van der Waals surface area (Å²) in [5.41, 5.74) is -0.874. The zero-order valence-corrected chi connectivity index (χ0v) is 11.6. The molecule has 1 N–H and O–H groups in total. The van der Waals surface area contributed by atoms with Gasteiger partial charge in [-0.05, 0) is 24.1 Å². The number of carbonyl (C=O) groups is 1. The number of hydrogen-bond acceptors (Lipinski definition) is 3. The summed E-state index contributed by atoms with van der Waals surface area (Å²) in [6, 6.07) is 3.90. The van der Waals surface area contributed by atoms with Crippen LogP contribution < -0.4 is 0 Å². The van der Waals surface area contributed by atoms with Crippen LogP contribution in [0.15, 0.2) is 36.4 Å². The summed E-state index contributed by atoms with van der Waals surface area (Å²) >= 11 is 0. The third-order valence-corrected chi connectivity index (χ3v) is 2.88. The maximum absolute atomic E-state index is 12.4. The van der Waals surface area contributed by atoms with E-state index in [9.17, 15) is 23.1 Å². The van der Waals surface area contributed by atoms with Gasteiger partial charge in [0, 0.05) is 0 Å². The molecule has 0 amide bonds. The lowest BCUT2D eigenvalue weighted by molar-refractivity contribution is -0.140. The van der Waals surface area contributed by atoms with Crippen molar-refractivity contribution in [3.05, 3.63) is 47.5 Å². The van der Waals surface area contributed by atoms with Crippen LogP contribution in [0.5, 0.6) is 0 Å². The molecule has 1 aromatic carbocycles. The number of rotatable bonds is 6.